The van der Waals surface area contributed by atoms with E-state index in [1.54, 1.807) is 36.5 Å². The molecule has 1 heterocycles. The highest BCUT2D eigenvalue weighted by molar-refractivity contribution is 9.10. The summed E-state index contributed by atoms with van der Waals surface area (Å²) in [5.41, 5.74) is 7.13. The number of rotatable bonds is 3. The third-order valence-electron chi connectivity index (χ3n) is 2.52. The Morgan fingerprint density at radius 2 is 2.16 bits per heavy atom. The van der Waals surface area contributed by atoms with E-state index >= 15 is 0 Å². The number of carbonyl (C=O) groups excluding carboxylic acids is 1. The summed E-state index contributed by atoms with van der Waals surface area (Å²) in [6, 6.07) is 8.53. The molecule has 0 aliphatic rings. The van der Waals surface area contributed by atoms with Crippen LogP contribution < -0.4 is 15.8 Å². The molecule has 0 atom stereocenters. The van der Waals surface area contributed by atoms with E-state index in [2.05, 4.69) is 26.2 Å². The molecule has 3 N–H and O–H groups in total. The van der Waals surface area contributed by atoms with E-state index in [-0.39, 0.29) is 5.91 Å². The van der Waals surface area contributed by atoms with Crippen LogP contribution in [0.3, 0.4) is 0 Å². The lowest BCUT2D eigenvalue weighted by atomic mass is 10.1. The highest BCUT2D eigenvalue weighted by Crippen LogP contribution is 2.25. The number of carbonyl (C=O) groups is 1. The van der Waals surface area contributed by atoms with Gasteiger partial charge in [0.25, 0.3) is 5.91 Å². The number of amides is 1. The minimum atomic E-state index is -0.305. The molecule has 0 saturated heterocycles. The Kier molecular flexibility index (Phi) is 4.01. The van der Waals surface area contributed by atoms with E-state index in [1.165, 1.54) is 7.11 Å². The molecule has 98 valence electrons. The number of aromatic nitrogens is 1. The number of nitrogens with one attached hydrogen (secondary N) is 1. The zero-order chi connectivity index (χ0) is 13.8. The standard InChI is InChI=1S/C13H12BrN3O2/c1-19-10-4-2-3-9(12(10)15)13(18)17-8-5-6-11(14)16-7-8/h2-7H,15H2,1H3,(H,17,18). The number of benzene rings is 1. The van der Waals surface area contributed by atoms with Crippen LogP contribution in [0.15, 0.2) is 41.1 Å². The van der Waals surface area contributed by atoms with Gasteiger partial charge >= 0.3 is 0 Å². The molecule has 0 spiro atoms. The highest BCUT2D eigenvalue weighted by Gasteiger charge is 2.13. The number of para-hydroxylation sites is 1. The number of anilines is 2. The molecule has 1 aromatic heterocycles. The van der Waals surface area contributed by atoms with Gasteiger partial charge in [0.2, 0.25) is 0 Å². The van der Waals surface area contributed by atoms with Gasteiger partial charge in [0, 0.05) is 0 Å². The average Bonchev–Trinajstić information content (AvgIpc) is 2.41. The summed E-state index contributed by atoms with van der Waals surface area (Å²) in [4.78, 5) is 16.1. The predicted molar refractivity (Wildman–Crippen MR) is 77.3 cm³/mol. The van der Waals surface area contributed by atoms with Gasteiger partial charge in [-0.15, -0.1) is 0 Å². The minimum absolute atomic E-state index is 0.305. The Morgan fingerprint density at radius 3 is 2.79 bits per heavy atom. The quantitative estimate of drug-likeness (QED) is 0.673. The fourth-order valence-corrected chi connectivity index (χ4v) is 1.80. The fraction of sp³-hybridized carbons (Fsp3) is 0.0769. The molecule has 0 unspecified atom stereocenters. The molecule has 5 nitrogen and oxygen atoms in total. The second-order valence-electron chi connectivity index (χ2n) is 3.75. The molecular formula is C13H12BrN3O2. The molecule has 2 aromatic rings. The zero-order valence-electron chi connectivity index (χ0n) is 10.2. The van der Waals surface area contributed by atoms with E-state index in [9.17, 15) is 4.79 Å². The van der Waals surface area contributed by atoms with Gasteiger partial charge in [0.1, 0.15) is 10.4 Å². The lowest BCUT2D eigenvalue weighted by Gasteiger charge is -2.10. The summed E-state index contributed by atoms with van der Waals surface area (Å²) in [6.45, 7) is 0. The molecule has 0 fully saturated rings. The van der Waals surface area contributed by atoms with Crippen LogP contribution in [0.1, 0.15) is 10.4 Å². The van der Waals surface area contributed by atoms with Crippen molar-refractivity contribution in [3.63, 3.8) is 0 Å². The van der Waals surface area contributed by atoms with Crippen molar-refractivity contribution in [2.24, 2.45) is 0 Å². The molecule has 1 aromatic carbocycles. The monoisotopic (exact) mass is 321 g/mol. The molecule has 2 rings (SSSR count). The van der Waals surface area contributed by atoms with E-state index < -0.39 is 0 Å². The molecule has 19 heavy (non-hydrogen) atoms. The SMILES string of the molecule is COc1cccc(C(=O)Nc2ccc(Br)nc2)c1N. The van der Waals surface area contributed by atoms with Gasteiger partial charge in [0.15, 0.2) is 0 Å². The Labute approximate surface area is 118 Å². The van der Waals surface area contributed by atoms with Crippen LogP contribution >= 0.6 is 15.9 Å². The van der Waals surface area contributed by atoms with Crippen molar-refractivity contribution in [3.8, 4) is 5.75 Å². The number of nitrogen functional groups attached to an aromatic ring is 1. The number of methoxy groups -OCH3 is 1. The number of nitrogens with two attached hydrogens (primary N) is 1. The third kappa shape index (κ3) is 3.03. The first-order valence-electron chi connectivity index (χ1n) is 5.47. The van der Waals surface area contributed by atoms with E-state index in [4.69, 9.17) is 10.5 Å². The maximum absolute atomic E-state index is 12.1. The van der Waals surface area contributed by atoms with Gasteiger partial charge < -0.3 is 15.8 Å². The van der Waals surface area contributed by atoms with E-state index in [0.29, 0.717) is 27.3 Å². The second-order valence-corrected chi connectivity index (χ2v) is 4.56. The summed E-state index contributed by atoms with van der Waals surface area (Å²) in [7, 11) is 1.51. The van der Waals surface area contributed by atoms with E-state index in [1.807, 2.05) is 0 Å². The van der Waals surface area contributed by atoms with Crippen molar-refractivity contribution in [1.29, 1.82) is 0 Å². The Hall–Kier alpha value is -2.08. The first kappa shape index (κ1) is 13.4. The molecule has 6 heteroatoms. The van der Waals surface area contributed by atoms with Gasteiger partial charge in [-0.25, -0.2) is 4.98 Å². The molecule has 0 aliphatic heterocycles. The van der Waals surface area contributed by atoms with Crippen molar-refractivity contribution in [2.45, 2.75) is 0 Å². The van der Waals surface area contributed by atoms with Crippen molar-refractivity contribution in [2.75, 3.05) is 18.2 Å². The van der Waals surface area contributed by atoms with Gasteiger partial charge in [-0.3, -0.25) is 4.79 Å². The lowest BCUT2D eigenvalue weighted by molar-refractivity contribution is 0.102. The molecule has 0 radical (unpaired) electrons. The first-order valence-corrected chi connectivity index (χ1v) is 6.26. The zero-order valence-corrected chi connectivity index (χ0v) is 11.8. The molecule has 0 aliphatic carbocycles. The molecule has 1 amide bonds. The largest absolute Gasteiger partial charge is 0.495 e. The van der Waals surface area contributed by atoms with Crippen LogP contribution in [-0.2, 0) is 0 Å². The summed E-state index contributed by atoms with van der Waals surface area (Å²) >= 11 is 3.23. The van der Waals surface area contributed by atoms with Crippen LogP contribution in [0.2, 0.25) is 0 Å². The Bertz CT molecular complexity index is 599. The van der Waals surface area contributed by atoms with Crippen LogP contribution in [0.25, 0.3) is 0 Å². The average molecular weight is 322 g/mol. The topological polar surface area (TPSA) is 77.2 Å². The van der Waals surface area contributed by atoms with Gasteiger partial charge in [-0.1, -0.05) is 6.07 Å². The van der Waals surface area contributed by atoms with Crippen LogP contribution in [0, 0.1) is 0 Å². The van der Waals surface area contributed by atoms with Crippen molar-refractivity contribution in [3.05, 3.63) is 46.7 Å². The number of hydrogen-bond acceptors (Lipinski definition) is 4. The van der Waals surface area contributed by atoms with Crippen molar-refractivity contribution < 1.29 is 9.53 Å². The minimum Gasteiger partial charge on any atom is -0.495 e. The maximum Gasteiger partial charge on any atom is 0.257 e. The second kappa shape index (κ2) is 5.71. The predicted octanol–water partition coefficient (Wildman–Crippen LogP) is 2.69. The number of ether oxygens (including phenoxy) is 1. The highest BCUT2D eigenvalue weighted by atomic mass is 79.9. The van der Waals surface area contributed by atoms with Crippen molar-refractivity contribution in [1.82, 2.24) is 4.98 Å². The molecule has 0 bridgehead atoms. The normalized spacial score (nSPS) is 10.0. The smallest absolute Gasteiger partial charge is 0.257 e. The van der Waals surface area contributed by atoms with Crippen LogP contribution in [-0.4, -0.2) is 18.0 Å². The Morgan fingerprint density at radius 1 is 1.37 bits per heavy atom. The lowest BCUT2D eigenvalue weighted by Crippen LogP contribution is -2.14. The summed E-state index contributed by atoms with van der Waals surface area (Å²) in [5.74, 6) is 0.169. The number of pyridine rings is 1. The van der Waals surface area contributed by atoms with Crippen molar-refractivity contribution >= 4 is 33.2 Å². The fourth-order valence-electron chi connectivity index (χ4n) is 1.57. The van der Waals surface area contributed by atoms with Crippen LogP contribution in [0.5, 0.6) is 5.75 Å². The maximum atomic E-state index is 12.1. The third-order valence-corrected chi connectivity index (χ3v) is 2.98. The summed E-state index contributed by atoms with van der Waals surface area (Å²) in [6.07, 6.45) is 1.55. The van der Waals surface area contributed by atoms with Crippen LogP contribution in [0.4, 0.5) is 11.4 Å². The summed E-state index contributed by atoms with van der Waals surface area (Å²) < 4.78 is 5.78. The van der Waals surface area contributed by atoms with E-state index in [0.717, 1.165) is 0 Å². The Balaban J connectivity index is 2.23. The van der Waals surface area contributed by atoms with Gasteiger partial charge in [0.05, 0.1) is 30.2 Å². The first-order chi connectivity index (χ1) is 9.11. The van der Waals surface area contributed by atoms with Gasteiger partial charge in [-0.2, -0.15) is 0 Å². The van der Waals surface area contributed by atoms with Gasteiger partial charge in [-0.05, 0) is 40.2 Å². The number of halogens is 1. The number of nitrogens with zero attached hydrogens (tertiary/aromatic N) is 1. The molecule has 0 saturated carbocycles. The summed E-state index contributed by atoms with van der Waals surface area (Å²) in [5, 5.41) is 2.72. The molecular weight excluding hydrogens is 310 g/mol. The number of hydrogen-bond donors (Lipinski definition) is 2.